The number of amides is 2. The lowest BCUT2D eigenvalue weighted by Crippen LogP contribution is -2.55. The van der Waals surface area contributed by atoms with Crippen molar-refractivity contribution in [3.63, 3.8) is 0 Å². The minimum Gasteiger partial charge on any atom is -0.497 e. The lowest BCUT2D eigenvalue weighted by molar-refractivity contribution is -0.140. The summed E-state index contributed by atoms with van der Waals surface area (Å²) in [6.07, 6.45) is 5.23. The van der Waals surface area contributed by atoms with Gasteiger partial charge in [-0.2, -0.15) is 0 Å². The van der Waals surface area contributed by atoms with Gasteiger partial charge in [0.2, 0.25) is 11.8 Å². The minimum atomic E-state index is -4.31. The molecule has 1 fully saturated rings. The van der Waals surface area contributed by atoms with Crippen molar-refractivity contribution in [2.45, 2.75) is 75.9 Å². The number of benzene rings is 4. The lowest BCUT2D eigenvalue weighted by atomic mass is 9.94. The second-order valence-electron chi connectivity index (χ2n) is 12.9. The quantitative estimate of drug-likeness (QED) is 0.159. The van der Waals surface area contributed by atoms with Gasteiger partial charge in [0.25, 0.3) is 10.0 Å². The fourth-order valence-electron chi connectivity index (χ4n) is 6.45. The van der Waals surface area contributed by atoms with Crippen molar-refractivity contribution in [2.24, 2.45) is 0 Å². The maximum Gasteiger partial charge on any atom is 0.264 e. The number of nitrogens with zero attached hydrogens (tertiary/aromatic N) is 2. The second kappa shape index (κ2) is 16.7. The van der Waals surface area contributed by atoms with Crippen LogP contribution in [-0.4, -0.2) is 58.0 Å². The van der Waals surface area contributed by atoms with E-state index < -0.39 is 28.5 Å². The number of carbonyl (C=O) groups excluding carboxylic acids is 2. The van der Waals surface area contributed by atoms with Crippen LogP contribution in [0.15, 0.2) is 102 Å². The molecular formula is C40H47N3O6S. The van der Waals surface area contributed by atoms with Gasteiger partial charge >= 0.3 is 0 Å². The number of anilines is 1. The highest BCUT2D eigenvalue weighted by molar-refractivity contribution is 7.92. The lowest BCUT2D eigenvalue weighted by Gasteiger charge is -2.35. The van der Waals surface area contributed by atoms with E-state index in [-0.39, 0.29) is 41.2 Å². The highest BCUT2D eigenvalue weighted by atomic mass is 32.2. The van der Waals surface area contributed by atoms with Crippen molar-refractivity contribution >= 4 is 27.5 Å². The van der Waals surface area contributed by atoms with E-state index >= 15 is 0 Å². The van der Waals surface area contributed by atoms with E-state index in [1.165, 1.54) is 31.3 Å². The smallest absolute Gasteiger partial charge is 0.264 e. The predicted molar refractivity (Wildman–Crippen MR) is 196 cm³/mol. The van der Waals surface area contributed by atoms with Crippen LogP contribution in [0.4, 0.5) is 5.69 Å². The molecule has 1 aliphatic carbocycles. The molecule has 9 nitrogen and oxygen atoms in total. The molecule has 0 radical (unpaired) electrons. The summed E-state index contributed by atoms with van der Waals surface area (Å²) < 4.78 is 41.2. The van der Waals surface area contributed by atoms with Crippen LogP contribution in [0.25, 0.3) is 0 Å². The molecule has 0 heterocycles. The first-order chi connectivity index (χ1) is 24.1. The highest BCUT2D eigenvalue weighted by Gasteiger charge is 2.36. The zero-order valence-corrected chi connectivity index (χ0v) is 30.1. The maximum absolute atomic E-state index is 14.9. The third kappa shape index (κ3) is 9.04. The van der Waals surface area contributed by atoms with Crippen LogP contribution in [0.1, 0.15) is 54.4 Å². The number of aryl methyl sites for hydroxylation is 2. The van der Waals surface area contributed by atoms with Crippen LogP contribution in [0.3, 0.4) is 0 Å². The average Bonchev–Trinajstić information content (AvgIpc) is 3.12. The van der Waals surface area contributed by atoms with Gasteiger partial charge in [-0.05, 0) is 62.1 Å². The van der Waals surface area contributed by atoms with Gasteiger partial charge in [-0.25, -0.2) is 8.42 Å². The number of sulfonamides is 1. The molecule has 0 bridgehead atoms. The summed E-state index contributed by atoms with van der Waals surface area (Å²) in [7, 11) is -1.39. The van der Waals surface area contributed by atoms with Crippen LogP contribution in [-0.2, 0) is 32.6 Å². The average molecular weight is 698 g/mol. The summed E-state index contributed by atoms with van der Waals surface area (Å²) in [5.41, 5.74) is 3.75. The Balaban J connectivity index is 1.61. The molecule has 0 unspecified atom stereocenters. The zero-order valence-electron chi connectivity index (χ0n) is 29.3. The van der Waals surface area contributed by atoms with Crippen molar-refractivity contribution in [3.05, 3.63) is 119 Å². The third-order valence-electron chi connectivity index (χ3n) is 9.20. The van der Waals surface area contributed by atoms with Crippen molar-refractivity contribution in [1.29, 1.82) is 0 Å². The second-order valence-corrected chi connectivity index (χ2v) is 14.8. The summed E-state index contributed by atoms with van der Waals surface area (Å²) in [6, 6.07) is 27.8. The normalized spacial score (nSPS) is 14.0. The Bertz CT molecular complexity index is 1860. The molecule has 1 N–H and O–H groups in total. The number of nitrogens with one attached hydrogen (secondary N) is 1. The Kier molecular flexibility index (Phi) is 12.2. The van der Waals surface area contributed by atoms with Gasteiger partial charge in [-0.1, -0.05) is 97.1 Å². The van der Waals surface area contributed by atoms with E-state index in [2.05, 4.69) is 5.32 Å². The first-order valence-corrected chi connectivity index (χ1v) is 18.5. The third-order valence-corrected chi connectivity index (χ3v) is 11.0. The van der Waals surface area contributed by atoms with Gasteiger partial charge in [0, 0.05) is 25.1 Å². The standard InChI is InChI=1S/C40H47N3O6S/c1-29-18-21-35(22-19-29)50(46,47)43(36-26-34(48-3)20-23-38(36)49-4)28-39(44)42(27-32-15-11-12-30(2)24-32)37(25-31-13-7-5-8-14-31)40(45)41-33-16-9-6-10-17-33/h5,7-8,11-15,18-24,26,33,37H,6,9-10,16-17,25,27-28H2,1-4H3,(H,41,45)/t37-/m1/s1. The number of carbonyl (C=O) groups is 2. The molecule has 264 valence electrons. The number of ether oxygens (including phenoxy) is 2. The molecule has 4 aromatic carbocycles. The van der Waals surface area contributed by atoms with Crippen LogP contribution in [0.2, 0.25) is 0 Å². The molecule has 0 spiro atoms. The van der Waals surface area contributed by atoms with Gasteiger partial charge in [-0.15, -0.1) is 0 Å². The molecule has 10 heteroatoms. The first kappa shape index (κ1) is 36.5. The molecule has 5 rings (SSSR count). The molecular weight excluding hydrogens is 651 g/mol. The highest BCUT2D eigenvalue weighted by Crippen LogP contribution is 2.36. The van der Waals surface area contributed by atoms with Gasteiger partial charge in [0.1, 0.15) is 24.1 Å². The molecule has 2 amide bonds. The van der Waals surface area contributed by atoms with Crippen LogP contribution in [0.5, 0.6) is 11.5 Å². The summed E-state index contributed by atoms with van der Waals surface area (Å²) in [5.74, 6) is -0.154. The molecule has 4 aromatic rings. The Hall–Kier alpha value is -4.83. The molecule has 1 atom stereocenters. The molecule has 0 saturated heterocycles. The summed E-state index contributed by atoms with van der Waals surface area (Å²) in [5, 5.41) is 3.25. The number of rotatable bonds is 14. The van der Waals surface area contributed by atoms with Crippen LogP contribution in [0, 0.1) is 13.8 Å². The topological polar surface area (TPSA) is 105 Å². The Morgan fingerprint density at radius 3 is 2.16 bits per heavy atom. The molecule has 0 aliphatic heterocycles. The minimum absolute atomic E-state index is 0.0156. The number of methoxy groups -OCH3 is 2. The van der Waals surface area contributed by atoms with Crippen molar-refractivity contribution in [1.82, 2.24) is 10.2 Å². The Labute approximate surface area is 296 Å². The molecule has 50 heavy (non-hydrogen) atoms. The van der Waals surface area contributed by atoms with E-state index in [1.807, 2.05) is 68.4 Å². The van der Waals surface area contributed by atoms with Gasteiger partial charge in [0.15, 0.2) is 0 Å². The number of hydrogen-bond donors (Lipinski definition) is 1. The summed E-state index contributed by atoms with van der Waals surface area (Å²) >= 11 is 0. The molecule has 1 saturated carbocycles. The largest absolute Gasteiger partial charge is 0.497 e. The number of hydrogen-bond acceptors (Lipinski definition) is 6. The summed E-state index contributed by atoms with van der Waals surface area (Å²) in [4.78, 5) is 30.8. The molecule has 0 aromatic heterocycles. The Morgan fingerprint density at radius 2 is 1.50 bits per heavy atom. The summed E-state index contributed by atoms with van der Waals surface area (Å²) in [6.45, 7) is 3.35. The fourth-order valence-corrected chi connectivity index (χ4v) is 7.86. The van der Waals surface area contributed by atoms with Crippen molar-refractivity contribution in [2.75, 3.05) is 25.1 Å². The van der Waals surface area contributed by atoms with Gasteiger partial charge < -0.3 is 19.7 Å². The molecule has 1 aliphatic rings. The fraction of sp³-hybridized carbons (Fsp3) is 0.350. The van der Waals surface area contributed by atoms with E-state index in [1.54, 1.807) is 30.3 Å². The zero-order chi connectivity index (χ0) is 35.7. The Morgan fingerprint density at radius 1 is 0.800 bits per heavy atom. The van der Waals surface area contributed by atoms with Crippen molar-refractivity contribution in [3.8, 4) is 11.5 Å². The monoisotopic (exact) mass is 697 g/mol. The van der Waals surface area contributed by atoms with E-state index in [9.17, 15) is 18.0 Å². The maximum atomic E-state index is 14.9. The van der Waals surface area contributed by atoms with Gasteiger partial charge in [-0.3, -0.25) is 13.9 Å². The van der Waals surface area contributed by atoms with Gasteiger partial charge in [0.05, 0.1) is 24.8 Å². The van der Waals surface area contributed by atoms with Crippen LogP contribution >= 0.6 is 0 Å². The first-order valence-electron chi connectivity index (χ1n) is 17.1. The van der Waals surface area contributed by atoms with Crippen LogP contribution < -0.4 is 19.1 Å². The van der Waals surface area contributed by atoms with E-state index in [0.717, 1.165) is 58.7 Å². The van der Waals surface area contributed by atoms with Crippen molar-refractivity contribution < 1.29 is 27.5 Å². The SMILES string of the molecule is COc1ccc(OC)c(N(CC(=O)N(Cc2cccc(C)c2)[C@H](Cc2ccccc2)C(=O)NC2CCCCC2)S(=O)(=O)c2ccc(C)cc2)c1. The van der Waals surface area contributed by atoms with E-state index in [4.69, 9.17) is 9.47 Å². The predicted octanol–water partition coefficient (Wildman–Crippen LogP) is 6.60. The van der Waals surface area contributed by atoms with E-state index in [0.29, 0.717) is 5.75 Å².